The Hall–Kier alpha value is -1.57. The molecule has 0 aliphatic carbocycles. The summed E-state index contributed by atoms with van der Waals surface area (Å²) in [6, 6.07) is 6.21. The number of carboxylic acids is 1. The zero-order chi connectivity index (χ0) is 12.1. The number of carbonyl (C=O) groups is 1. The molecule has 0 spiro atoms. The van der Waals surface area contributed by atoms with Crippen LogP contribution >= 0.6 is 0 Å². The van der Waals surface area contributed by atoms with Gasteiger partial charge < -0.3 is 5.11 Å². The number of carboxylic acid groups (broad SMARTS) is 1. The van der Waals surface area contributed by atoms with Crippen LogP contribution in [0.2, 0.25) is 0 Å². The van der Waals surface area contributed by atoms with Crippen molar-refractivity contribution in [1.82, 2.24) is 0 Å². The van der Waals surface area contributed by atoms with Crippen molar-refractivity contribution in [3.63, 3.8) is 0 Å². The van der Waals surface area contributed by atoms with Crippen LogP contribution in [0.1, 0.15) is 43.4 Å². The molecule has 16 heavy (non-hydrogen) atoms. The maximum Gasteiger partial charge on any atom is 0.328 e. The highest BCUT2D eigenvalue weighted by Gasteiger charge is 2.03. The predicted molar refractivity (Wildman–Crippen MR) is 66.6 cm³/mol. The summed E-state index contributed by atoms with van der Waals surface area (Å²) in [6.45, 7) is 6.39. The van der Waals surface area contributed by atoms with E-state index in [-0.39, 0.29) is 0 Å². The quantitative estimate of drug-likeness (QED) is 0.786. The average molecular weight is 218 g/mol. The molecule has 1 rings (SSSR count). The summed E-state index contributed by atoms with van der Waals surface area (Å²) in [5.74, 6) is -0.405. The summed E-state index contributed by atoms with van der Waals surface area (Å²) in [6.07, 6.45) is 3.76. The Labute approximate surface area is 96.6 Å². The third-order valence-electron chi connectivity index (χ3n) is 2.62. The van der Waals surface area contributed by atoms with Crippen LogP contribution in [0.15, 0.2) is 24.3 Å². The summed E-state index contributed by atoms with van der Waals surface area (Å²) >= 11 is 0. The van der Waals surface area contributed by atoms with Crippen molar-refractivity contribution < 1.29 is 9.90 Å². The minimum absolute atomic E-state index is 0.503. The van der Waals surface area contributed by atoms with E-state index < -0.39 is 5.97 Å². The third kappa shape index (κ3) is 3.23. The Morgan fingerprint density at radius 2 is 2.12 bits per heavy atom. The van der Waals surface area contributed by atoms with E-state index in [2.05, 4.69) is 32.9 Å². The van der Waals surface area contributed by atoms with Crippen LogP contribution in [0.4, 0.5) is 0 Å². The van der Waals surface area contributed by atoms with Gasteiger partial charge in [-0.25, -0.2) is 4.79 Å². The molecule has 1 aromatic rings. The highest BCUT2D eigenvalue weighted by Crippen LogP contribution is 2.20. The summed E-state index contributed by atoms with van der Waals surface area (Å²) in [7, 11) is 0. The number of rotatable bonds is 4. The first-order valence-electron chi connectivity index (χ1n) is 5.58. The molecule has 0 aliphatic rings. The van der Waals surface area contributed by atoms with Gasteiger partial charge in [-0.1, -0.05) is 39.0 Å². The normalized spacial score (nSPS) is 11.2. The average Bonchev–Trinajstić information content (AvgIpc) is 2.25. The molecule has 1 aromatic carbocycles. The first-order chi connectivity index (χ1) is 7.54. The molecule has 0 fully saturated rings. The van der Waals surface area contributed by atoms with E-state index in [1.807, 2.05) is 6.07 Å². The largest absolute Gasteiger partial charge is 0.478 e. The molecular formula is C14H18O2. The highest BCUT2D eigenvalue weighted by molar-refractivity contribution is 5.85. The Kier molecular flexibility index (Phi) is 4.29. The second kappa shape index (κ2) is 5.50. The van der Waals surface area contributed by atoms with Crippen molar-refractivity contribution in [2.75, 3.05) is 0 Å². The van der Waals surface area contributed by atoms with Gasteiger partial charge in [0.05, 0.1) is 0 Å². The van der Waals surface area contributed by atoms with Gasteiger partial charge in [0.2, 0.25) is 0 Å². The van der Waals surface area contributed by atoms with Crippen molar-refractivity contribution in [3.05, 3.63) is 41.0 Å². The molecule has 0 amide bonds. The maximum atomic E-state index is 10.5. The Balaban J connectivity index is 3.07. The van der Waals surface area contributed by atoms with Gasteiger partial charge in [-0.15, -0.1) is 0 Å². The highest BCUT2D eigenvalue weighted by atomic mass is 16.4. The Bertz CT molecular complexity index is 403. The Morgan fingerprint density at radius 3 is 2.62 bits per heavy atom. The number of aryl methyl sites for hydroxylation is 1. The lowest BCUT2D eigenvalue weighted by atomic mass is 9.96. The van der Waals surface area contributed by atoms with E-state index in [1.54, 1.807) is 6.08 Å². The van der Waals surface area contributed by atoms with E-state index in [0.29, 0.717) is 5.92 Å². The molecule has 1 N–H and O–H groups in total. The van der Waals surface area contributed by atoms with E-state index in [9.17, 15) is 4.79 Å². The van der Waals surface area contributed by atoms with Gasteiger partial charge in [0, 0.05) is 6.08 Å². The topological polar surface area (TPSA) is 37.3 Å². The molecule has 0 unspecified atom stereocenters. The standard InChI is InChI=1S/C14H18O2/c1-4-11-9-13(10(2)3)6-5-12(11)7-8-14(15)16/h5-10H,4H2,1-3H3,(H,15,16). The van der Waals surface area contributed by atoms with E-state index in [1.165, 1.54) is 17.2 Å². The van der Waals surface area contributed by atoms with Gasteiger partial charge >= 0.3 is 5.97 Å². The molecule has 0 bridgehead atoms. The van der Waals surface area contributed by atoms with Crippen molar-refractivity contribution >= 4 is 12.0 Å². The summed E-state index contributed by atoms with van der Waals surface area (Å²) in [4.78, 5) is 10.5. The minimum Gasteiger partial charge on any atom is -0.478 e. The number of benzene rings is 1. The third-order valence-corrected chi connectivity index (χ3v) is 2.62. The summed E-state index contributed by atoms with van der Waals surface area (Å²) in [5, 5.41) is 8.59. The predicted octanol–water partition coefficient (Wildman–Crippen LogP) is 3.47. The van der Waals surface area contributed by atoms with Gasteiger partial charge in [0.15, 0.2) is 0 Å². The molecule has 0 heterocycles. The lowest BCUT2D eigenvalue weighted by Crippen LogP contribution is -1.94. The van der Waals surface area contributed by atoms with Gasteiger partial charge in [-0.3, -0.25) is 0 Å². The van der Waals surface area contributed by atoms with Crippen molar-refractivity contribution in [2.24, 2.45) is 0 Å². The molecule has 0 saturated heterocycles. The van der Waals surface area contributed by atoms with Crippen LogP contribution in [0.5, 0.6) is 0 Å². The van der Waals surface area contributed by atoms with Crippen LogP contribution in [0.3, 0.4) is 0 Å². The first kappa shape index (κ1) is 12.5. The van der Waals surface area contributed by atoms with Gasteiger partial charge in [-0.05, 0) is 35.1 Å². The van der Waals surface area contributed by atoms with E-state index >= 15 is 0 Å². The molecule has 0 saturated carbocycles. The van der Waals surface area contributed by atoms with Gasteiger partial charge in [0.25, 0.3) is 0 Å². The van der Waals surface area contributed by atoms with Crippen LogP contribution in [0.25, 0.3) is 6.08 Å². The smallest absolute Gasteiger partial charge is 0.328 e. The van der Waals surface area contributed by atoms with Gasteiger partial charge in [-0.2, -0.15) is 0 Å². The molecule has 2 heteroatoms. The second-order valence-corrected chi connectivity index (χ2v) is 4.14. The number of hydrogen-bond acceptors (Lipinski definition) is 1. The molecule has 0 aliphatic heterocycles. The zero-order valence-electron chi connectivity index (χ0n) is 10.0. The van der Waals surface area contributed by atoms with Crippen LogP contribution in [-0.4, -0.2) is 11.1 Å². The van der Waals surface area contributed by atoms with Crippen LogP contribution in [0, 0.1) is 0 Å². The van der Waals surface area contributed by atoms with E-state index in [4.69, 9.17) is 5.11 Å². The minimum atomic E-state index is -0.907. The van der Waals surface area contributed by atoms with Crippen molar-refractivity contribution in [3.8, 4) is 0 Å². The van der Waals surface area contributed by atoms with Crippen molar-refractivity contribution in [2.45, 2.75) is 33.1 Å². The maximum absolute atomic E-state index is 10.5. The fourth-order valence-electron chi connectivity index (χ4n) is 1.61. The van der Waals surface area contributed by atoms with E-state index in [0.717, 1.165) is 12.0 Å². The van der Waals surface area contributed by atoms with Crippen LogP contribution < -0.4 is 0 Å². The molecule has 86 valence electrons. The van der Waals surface area contributed by atoms with Crippen LogP contribution in [-0.2, 0) is 11.2 Å². The van der Waals surface area contributed by atoms with Crippen molar-refractivity contribution in [1.29, 1.82) is 0 Å². The fourth-order valence-corrected chi connectivity index (χ4v) is 1.61. The molecule has 0 radical (unpaired) electrons. The number of hydrogen-bond donors (Lipinski definition) is 1. The molecular weight excluding hydrogens is 200 g/mol. The second-order valence-electron chi connectivity index (χ2n) is 4.14. The molecule has 0 atom stereocenters. The zero-order valence-corrected chi connectivity index (χ0v) is 10.0. The molecule has 2 nitrogen and oxygen atoms in total. The molecule has 0 aromatic heterocycles. The fraction of sp³-hybridized carbons (Fsp3) is 0.357. The lowest BCUT2D eigenvalue weighted by Gasteiger charge is -2.10. The monoisotopic (exact) mass is 218 g/mol. The summed E-state index contributed by atoms with van der Waals surface area (Å²) in [5.41, 5.74) is 3.49. The summed E-state index contributed by atoms with van der Waals surface area (Å²) < 4.78 is 0. The first-order valence-corrected chi connectivity index (χ1v) is 5.58. The van der Waals surface area contributed by atoms with Gasteiger partial charge in [0.1, 0.15) is 0 Å². The number of aliphatic carboxylic acids is 1. The lowest BCUT2D eigenvalue weighted by molar-refractivity contribution is -0.131. The Morgan fingerprint density at radius 1 is 1.44 bits per heavy atom. The SMILES string of the molecule is CCc1cc(C(C)C)ccc1C=CC(=O)O.